The van der Waals surface area contributed by atoms with Gasteiger partial charge < -0.3 is 11.1 Å². The van der Waals surface area contributed by atoms with E-state index in [1.807, 2.05) is 79.7 Å². The number of rotatable bonds is 3. The minimum Gasteiger partial charge on any atom is -0.351 e. The highest BCUT2D eigenvalue weighted by Crippen LogP contribution is 2.28. The molecule has 1 heterocycles. The molecule has 0 fully saturated rings. The number of aromatic nitrogens is 1. The summed E-state index contributed by atoms with van der Waals surface area (Å²) >= 11 is 0. The lowest BCUT2D eigenvalue weighted by atomic mass is 10.1. The average molecular weight is 369 g/mol. The van der Waals surface area contributed by atoms with Crippen LogP contribution in [0.4, 0.5) is 10.5 Å². The molecule has 0 aliphatic heterocycles. The van der Waals surface area contributed by atoms with E-state index in [4.69, 9.17) is 5.73 Å². The summed E-state index contributed by atoms with van der Waals surface area (Å²) in [5.74, 6) is -0.164. The van der Waals surface area contributed by atoms with E-state index >= 15 is 0 Å². The summed E-state index contributed by atoms with van der Waals surface area (Å²) in [5, 5.41) is 3.83. The quantitative estimate of drug-likeness (QED) is 0.544. The van der Waals surface area contributed by atoms with Crippen LogP contribution >= 0.6 is 0 Å². The first-order valence-corrected chi connectivity index (χ1v) is 8.92. The maximum absolute atomic E-state index is 12.4. The van der Waals surface area contributed by atoms with Crippen LogP contribution in [0.1, 0.15) is 15.9 Å². The van der Waals surface area contributed by atoms with E-state index in [1.54, 1.807) is 6.07 Å². The van der Waals surface area contributed by atoms with E-state index in [-0.39, 0.29) is 5.91 Å². The zero-order valence-corrected chi connectivity index (χ0v) is 15.3. The normalized spacial score (nSPS) is 10.8. The van der Waals surface area contributed by atoms with Gasteiger partial charge in [0.25, 0.3) is 5.91 Å². The molecule has 4 aromatic rings. The molecule has 3 aromatic carbocycles. The van der Waals surface area contributed by atoms with Crippen LogP contribution in [0.3, 0.4) is 0 Å². The Kier molecular flexibility index (Phi) is 4.41. The molecule has 4 rings (SSSR count). The van der Waals surface area contributed by atoms with Crippen molar-refractivity contribution >= 4 is 28.5 Å². The van der Waals surface area contributed by atoms with Crippen molar-refractivity contribution in [1.82, 2.24) is 4.57 Å². The highest BCUT2D eigenvalue weighted by atomic mass is 16.2. The molecule has 0 aliphatic rings. The van der Waals surface area contributed by atoms with E-state index in [0.29, 0.717) is 16.9 Å². The van der Waals surface area contributed by atoms with Gasteiger partial charge in [-0.3, -0.25) is 9.36 Å². The topological polar surface area (TPSA) is 77.1 Å². The van der Waals surface area contributed by atoms with E-state index in [2.05, 4.69) is 5.32 Å². The molecule has 0 saturated heterocycles. The predicted molar refractivity (Wildman–Crippen MR) is 111 cm³/mol. The van der Waals surface area contributed by atoms with Crippen molar-refractivity contribution in [3.8, 4) is 11.3 Å². The average Bonchev–Trinajstić information content (AvgIpc) is 3.08. The molecule has 5 heteroatoms. The Balaban J connectivity index is 1.64. The standard InChI is InChI=1S/C23H19N3O2/c1-15-5-4-7-18(13-15)22(27)25-19-11-9-16(10-12-19)21-14-17-6-2-3-8-20(17)26(21)23(24)28/h2-14H,1H3,(H2,24,28)(H,25,27). The smallest absolute Gasteiger partial charge is 0.323 e. The van der Waals surface area contributed by atoms with Gasteiger partial charge in [-0.1, -0.05) is 48.0 Å². The van der Waals surface area contributed by atoms with Crippen LogP contribution in [-0.4, -0.2) is 16.5 Å². The summed E-state index contributed by atoms with van der Waals surface area (Å²) in [6, 6.07) is 23.8. The zero-order valence-electron chi connectivity index (χ0n) is 15.3. The van der Waals surface area contributed by atoms with Gasteiger partial charge in [-0.25, -0.2) is 4.79 Å². The molecule has 3 N–H and O–H groups in total. The van der Waals surface area contributed by atoms with Gasteiger partial charge in [0.1, 0.15) is 0 Å². The summed E-state index contributed by atoms with van der Waals surface area (Å²) < 4.78 is 1.50. The van der Waals surface area contributed by atoms with E-state index < -0.39 is 6.03 Å². The number of amides is 2. The molecule has 5 nitrogen and oxygen atoms in total. The molecule has 138 valence electrons. The molecule has 0 spiro atoms. The number of hydrogen-bond donors (Lipinski definition) is 2. The van der Waals surface area contributed by atoms with Crippen molar-refractivity contribution < 1.29 is 9.59 Å². The molecule has 0 bridgehead atoms. The lowest BCUT2D eigenvalue weighted by Crippen LogP contribution is -2.20. The lowest BCUT2D eigenvalue weighted by Gasteiger charge is -2.09. The largest absolute Gasteiger partial charge is 0.351 e. The number of aryl methyl sites for hydroxylation is 1. The summed E-state index contributed by atoms with van der Waals surface area (Å²) in [6.07, 6.45) is 0. The fourth-order valence-electron chi connectivity index (χ4n) is 3.32. The highest BCUT2D eigenvalue weighted by molar-refractivity contribution is 6.04. The van der Waals surface area contributed by atoms with E-state index in [1.165, 1.54) is 4.57 Å². The highest BCUT2D eigenvalue weighted by Gasteiger charge is 2.14. The van der Waals surface area contributed by atoms with Crippen LogP contribution in [0.5, 0.6) is 0 Å². The molecule has 0 saturated carbocycles. The summed E-state index contributed by atoms with van der Waals surface area (Å²) in [5.41, 5.74) is 10.2. The van der Waals surface area contributed by atoms with Crippen LogP contribution in [0.25, 0.3) is 22.2 Å². The number of primary amides is 1. The summed E-state index contributed by atoms with van der Waals surface area (Å²) in [6.45, 7) is 1.95. The Hall–Kier alpha value is -3.86. The number of nitrogens with two attached hydrogens (primary N) is 1. The van der Waals surface area contributed by atoms with Crippen LogP contribution in [0.15, 0.2) is 78.9 Å². The third-order valence-electron chi connectivity index (χ3n) is 4.65. The van der Waals surface area contributed by atoms with E-state index in [0.717, 1.165) is 22.0 Å². The SMILES string of the molecule is Cc1cccc(C(=O)Nc2ccc(-c3cc4ccccc4n3C(N)=O)cc2)c1. The lowest BCUT2D eigenvalue weighted by molar-refractivity contribution is 0.102. The number of benzene rings is 3. The molecule has 0 unspecified atom stereocenters. The van der Waals surface area contributed by atoms with Gasteiger partial charge in [-0.2, -0.15) is 0 Å². The van der Waals surface area contributed by atoms with Crippen molar-refractivity contribution in [1.29, 1.82) is 0 Å². The van der Waals surface area contributed by atoms with Crippen molar-refractivity contribution in [2.45, 2.75) is 6.92 Å². The number of hydrogen-bond acceptors (Lipinski definition) is 2. The second-order valence-electron chi connectivity index (χ2n) is 6.66. The van der Waals surface area contributed by atoms with Crippen LogP contribution in [0.2, 0.25) is 0 Å². The number of nitrogens with one attached hydrogen (secondary N) is 1. The number of anilines is 1. The van der Waals surface area contributed by atoms with Crippen molar-refractivity contribution in [3.63, 3.8) is 0 Å². The van der Waals surface area contributed by atoms with Crippen LogP contribution in [-0.2, 0) is 0 Å². The fourth-order valence-corrected chi connectivity index (χ4v) is 3.32. The zero-order chi connectivity index (χ0) is 19.7. The third kappa shape index (κ3) is 3.25. The Bertz CT molecular complexity index is 1190. The molecular formula is C23H19N3O2. The van der Waals surface area contributed by atoms with Gasteiger partial charge in [-0.05, 0) is 48.9 Å². The van der Waals surface area contributed by atoms with Crippen molar-refractivity contribution in [2.24, 2.45) is 5.73 Å². The molecular weight excluding hydrogens is 350 g/mol. The Morgan fingerprint density at radius 3 is 2.36 bits per heavy atom. The first-order chi connectivity index (χ1) is 13.5. The molecule has 28 heavy (non-hydrogen) atoms. The van der Waals surface area contributed by atoms with Gasteiger partial charge in [0.2, 0.25) is 0 Å². The predicted octanol–water partition coefficient (Wildman–Crippen LogP) is 4.80. The third-order valence-corrected chi connectivity index (χ3v) is 4.65. The maximum atomic E-state index is 12.4. The number of carbonyl (C=O) groups excluding carboxylic acids is 2. The monoisotopic (exact) mass is 369 g/mol. The second kappa shape index (κ2) is 7.04. The number of para-hydroxylation sites is 1. The Morgan fingerprint density at radius 1 is 0.893 bits per heavy atom. The van der Waals surface area contributed by atoms with E-state index in [9.17, 15) is 9.59 Å². The molecule has 2 amide bonds. The number of nitrogens with zero attached hydrogens (tertiary/aromatic N) is 1. The fraction of sp³-hybridized carbons (Fsp3) is 0.0435. The van der Waals surface area contributed by atoms with Crippen LogP contribution in [0, 0.1) is 6.92 Å². The minimum absolute atomic E-state index is 0.164. The molecule has 0 radical (unpaired) electrons. The van der Waals surface area contributed by atoms with Crippen LogP contribution < -0.4 is 11.1 Å². The van der Waals surface area contributed by atoms with Gasteiger partial charge >= 0.3 is 6.03 Å². The van der Waals surface area contributed by atoms with Crippen molar-refractivity contribution in [3.05, 3.63) is 90.0 Å². The van der Waals surface area contributed by atoms with Gasteiger partial charge in [-0.15, -0.1) is 0 Å². The minimum atomic E-state index is -0.534. The van der Waals surface area contributed by atoms with Gasteiger partial charge in [0, 0.05) is 16.6 Å². The Morgan fingerprint density at radius 2 is 1.64 bits per heavy atom. The molecule has 0 aliphatic carbocycles. The first kappa shape index (κ1) is 17.5. The summed E-state index contributed by atoms with van der Waals surface area (Å²) in [7, 11) is 0. The molecule has 1 aromatic heterocycles. The van der Waals surface area contributed by atoms with Gasteiger partial charge in [0.15, 0.2) is 0 Å². The number of carbonyl (C=O) groups is 2. The second-order valence-corrected chi connectivity index (χ2v) is 6.66. The maximum Gasteiger partial charge on any atom is 0.323 e. The molecule has 0 atom stereocenters. The number of fused-ring (bicyclic) bond motifs is 1. The summed E-state index contributed by atoms with van der Waals surface area (Å²) in [4.78, 5) is 24.4. The van der Waals surface area contributed by atoms with Crippen molar-refractivity contribution in [2.75, 3.05) is 5.32 Å². The first-order valence-electron chi connectivity index (χ1n) is 8.92. The van der Waals surface area contributed by atoms with Gasteiger partial charge in [0.05, 0.1) is 11.2 Å². The Labute approximate surface area is 162 Å².